The molecule has 2 aromatic rings. The van der Waals surface area contributed by atoms with Gasteiger partial charge in [-0.25, -0.2) is 0 Å². The average molecular weight is 304 g/mol. The van der Waals surface area contributed by atoms with Crippen molar-refractivity contribution in [1.29, 1.82) is 0 Å². The molecule has 0 heterocycles. The normalized spacial score (nSPS) is 12.2. The Bertz CT molecular complexity index is 604. The monoisotopic (exact) mass is 303 g/mol. The van der Waals surface area contributed by atoms with Crippen LogP contribution in [0.5, 0.6) is 5.75 Å². The molecule has 0 saturated carbocycles. The molecule has 1 unspecified atom stereocenters. The van der Waals surface area contributed by atoms with E-state index in [0.29, 0.717) is 11.6 Å². The quantitative estimate of drug-likeness (QED) is 0.855. The van der Waals surface area contributed by atoms with Gasteiger partial charge in [0.05, 0.1) is 5.02 Å². The van der Waals surface area contributed by atoms with Crippen LogP contribution in [0.2, 0.25) is 5.02 Å². The van der Waals surface area contributed by atoms with E-state index in [-0.39, 0.29) is 6.04 Å². The third-order valence-electron chi connectivity index (χ3n) is 3.56. The number of benzene rings is 2. The smallest absolute Gasteiger partial charge is 0.138 e. The lowest BCUT2D eigenvalue weighted by atomic mass is 10.1. The van der Waals surface area contributed by atoms with Crippen LogP contribution in [-0.2, 0) is 6.61 Å². The molecule has 0 saturated heterocycles. The van der Waals surface area contributed by atoms with Crippen molar-refractivity contribution in [1.82, 2.24) is 5.32 Å². The van der Waals surface area contributed by atoms with E-state index in [1.807, 2.05) is 25.2 Å². The van der Waals surface area contributed by atoms with Gasteiger partial charge in [0, 0.05) is 6.04 Å². The van der Waals surface area contributed by atoms with Crippen LogP contribution in [0.3, 0.4) is 0 Å². The second-order valence-electron chi connectivity index (χ2n) is 5.48. The molecule has 0 aromatic heterocycles. The van der Waals surface area contributed by atoms with Crippen LogP contribution in [0.15, 0.2) is 36.4 Å². The molecule has 1 N–H and O–H groups in total. The van der Waals surface area contributed by atoms with E-state index >= 15 is 0 Å². The molecule has 2 aromatic carbocycles. The summed E-state index contributed by atoms with van der Waals surface area (Å²) in [5.41, 5.74) is 4.81. The van der Waals surface area contributed by atoms with Crippen LogP contribution in [0.25, 0.3) is 0 Å². The summed E-state index contributed by atoms with van der Waals surface area (Å²) in [4.78, 5) is 0. The number of hydrogen-bond donors (Lipinski definition) is 1. The summed E-state index contributed by atoms with van der Waals surface area (Å²) in [5.74, 6) is 0.725. The van der Waals surface area contributed by atoms with E-state index in [9.17, 15) is 0 Å². The zero-order valence-electron chi connectivity index (χ0n) is 13.0. The zero-order valence-corrected chi connectivity index (χ0v) is 13.8. The van der Waals surface area contributed by atoms with Gasteiger partial charge in [-0.05, 0) is 51.1 Å². The SMILES string of the molecule is CNC(C)c1ccc(OCc2cc(C)cc(C)c2)c(Cl)c1. The molecule has 0 bridgehead atoms. The largest absolute Gasteiger partial charge is 0.487 e. The van der Waals surface area contributed by atoms with Crippen molar-refractivity contribution < 1.29 is 4.74 Å². The standard InChI is InChI=1S/C18H22ClNO/c1-12-7-13(2)9-15(8-12)11-21-18-6-5-16(10-17(18)19)14(3)20-4/h5-10,14,20H,11H2,1-4H3. The molecule has 0 aliphatic carbocycles. The Hall–Kier alpha value is -1.51. The van der Waals surface area contributed by atoms with Gasteiger partial charge in [0.2, 0.25) is 0 Å². The summed E-state index contributed by atoms with van der Waals surface area (Å²) in [7, 11) is 1.93. The number of ether oxygens (including phenoxy) is 1. The predicted octanol–water partition coefficient (Wildman–Crippen LogP) is 4.82. The van der Waals surface area contributed by atoms with Gasteiger partial charge in [-0.3, -0.25) is 0 Å². The highest BCUT2D eigenvalue weighted by Crippen LogP contribution is 2.28. The van der Waals surface area contributed by atoms with Gasteiger partial charge in [0.15, 0.2) is 0 Å². The van der Waals surface area contributed by atoms with E-state index in [2.05, 4.69) is 44.3 Å². The lowest BCUT2D eigenvalue weighted by Crippen LogP contribution is -2.12. The minimum absolute atomic E-state index is 0.274. The Kier molecular flexibility index (Phi) is 5.27. The van der Waals surface area contributed by atoms with Crippen molar-refractivity contribution >= 4 is 11.6 Å². The maximum absolute atomic E-state index is 6.31. The highest BCUT2D eigenvalue weighted by molar-refractivity contribution is 6.32. The lowest BCUT2D eigenvalue weighted by Gasteiger charge is -2.14. The molecule has 2 nitrogen and oxygen atoms in total. The average Bonchev–Trinajstić information content (AvgIpc) is 2.44. The topological polar surface area (TPSA) is 21.3 Å². The molecule has 1 atom stereocenters. The second-order valence-corrected chi connectivity index (χ2v) is 5.89. The van der Waals surface area contributed by atoms with E-state index in [1.54, 1.807) is 0 Å². The molecular formula is C18H22ClNO. The number of nitrogens with one attached hydrogen (secondary N) is 1. The van der Waals surface area contributed by atoms with Gasteiger partial charge in [-0.2, -0.15) is 0 Å². The molecule has 0 radical (unpaired) electrons. The van der Waals surface area contributed by atoms with Crippen molar-refractivity contribution in [2.45, 2.75) is 33.4 Å². The van der Waals surface area contributed by atoms with Crippen molar-refractivity contribution in [3.8, 4) is 5.75 Å². The van der Waals surface area contributed by atoms with Crippen LogP contribution >= 0.6 is 11.6 Å². The van der Waals surface area contributed by atoms with E-state index in [0.717, 1.165) is 16.9 Å². The number of halogens is 1. The van der Waals surface area contributed by atoms with E-state index in [4.69, 9.17) is 16.3 Å². The summed E-state index contributed by atoms with van der Waals surface area (Å²) in [5, 5.41) is 3.85. The first-order valence-corrected chi connectivity index (χ1v) is 7.54. The van der Waals surface area contributed by atoms with Crippen LogP contribution < -0.4 is 10.1 Å². The predicted molar refractivity (Wildman–Crippen MR) is 89.2 cm³/mol. The fraction of sp³-hybridized carbons (Fsp3) is 0.333. The first kappa shape index (κ1) is 15.9. The van der Waals surface area contributed by atoms with Gasteiger partial charge in [0.1, 0.15) is 12.4 Å². The number of aryl methyl sites for hydroxylation is 2. The molecule has 2 rings (SSSR count). The molecule has 0 amide bonds. The molecule has 21 heavy (non-hydrogen) atoms. The number of rotatable bonds is 5. The molecule has 0 spiro atoms. The van der Waals surface area contributed by atoms with Gasteiger partial charge < -0.3 is 10.1 Å². The van der Waals surface area contributed by atoms with Gasteiger partial charge in [0.25, 0.3) is 0 Å². The van der Waals surface area contributed by atoms with Crippen LogP contribution in [0, 0.1) is 13.8 Å². The van der Waals surface area contributed by atoms with E-state index < -0.39 is 0 Å². The summed E-state index contributed by atoms with van der Waals surface area (Å²) in [6, 6.07) is 12.6. The lowest BCUT2D eigenvalue weighted by molar-refractivity contribution is 0.306. The summed E-state index contributed by atoms with van der Waals surface area (Å²) in [6.07, 6.45) is 0. The molecule has 0 aliphatic heterocycles. The van der Waals surface area contributed by atoms with Crippen molar-refractivity contribution in [3.05, 3.63) is 63.7 Å². The molecule has 3 heteroatoms. The molecule has 112 valence electrons. The summed E-state index contributed by atoms with van der Waals surface area (Å²) in [6.45, 7) is 6.82. The van der Waals surface area contributed by atoms with Gasteiger partial charge >= 0.3 is 0 Å². The maximum atomic E-state index is 6.31. The summed E-state index contributed by atoms with van der Waals surface area (Å²) < 4.78 is 5.85. The Morgan fingerprint density at radius 1 is 1.10 bits per heavy atom. The molecule has 0 aliphatic rings. The highest BCUT2D eigenvalue weighted by Gasteiger charge is 2.08. The fourth-order valence-corrected chi connectivity index (χ4v) is 2.63. The maximum Gasteiger partial charge on any atom is 0.138 e. The highest BCUT2D eigenvalue weighted by atomic mass is 35.5. The van der Waals surface area contributed by atoms with Crippen molar-refractivity contribution in [3.63, 3.8) is 0 Å². The first-order valence-electron chi connectivity index (χ1n) is 7.16. The summed E-state index contributed by atoms with van der Waals surface area (Å²) >= 11 is 6.31. The van der Waals surface area contributed by atoms with Gasteiger partial charge in [-0.15, -0.1) is 0 Å². The van der Waals surface area contributed by atoms with Crippen molar-refractivity contribution in [2.24, 2.45) is 0 Å². The van der Waals surface area contributed by atoms with Gasteiger partial charge in [-0.1, -0.05) is 47.0 Å². The van der Waals surface area contributed by atoms with E-state index in [1.165, 1.54) is 11.1 Å². The van der Waals surface area contributed by atoms with Crippen molar-refractivity contribution in [2.75, 3.05) is 7.05 Å². The zero-order chi connectivity index (χ0) is 15.4. The second kappa shape index (κ2) is 6.97. The minimum Gasteiger partial charge on any atom is -0.487 e. The minimum atomic E-state index is 0.274. The Balaban J connectivity index is 2.09. The third-order valence-corrected chi connectivity index (χ3v) is 3.86. The Labute approximate surface area is 132 Å². The van der Waals surface area contributed by atoms with Crippen LogP contribution in [-0.4, -0.2) is 7.05 Å². The Morgan fingerprint density at radius 2 is 1.76 bits per heavy atom. The van der Waals surface area contributed by atoms with Crippen LogP contribution in [0.1, 0.15) is 35.2 Å². The fourth-order valence-electron chi connectivity index (χ4n) is 2.38. The molecular weight excluding hydrogens is 282 g/mol. The van der Waals surface area contributed by atoms with Crippen LogP contribution in [0.4, 0.5) is 0 Å². The molecule has 0 fully saturated rings. The first-order chi connectivity index (χ1) is 9.99. The third kappa shape index (κ3) is 4.23. The Morgan fingerprint density at radius 3 is 2.33 bits per heavy atom. The number of hydrogen-bond acceptors (Lipinski definition) is 2.